The molecule has 0 aliphatic heterocycles. The molecule has 0 radical (unpaired) electrons. The summed E-state index contributed by atoms with van der Waals surface area (Å²) in [5, 5.41) is 2.82. The normalized spacial score (nSPS) is 11.5. The molecule has 4 heteroatoms. The van der Waals surface area contributed by atoms with Crippen LogP contribution in [0.4, 0.5) is 4.39 Å². The molecule has 0 fully saturated rings. The maximum absolute atomic E-state index is 13.6. The van der Waals surface area contributed by atoms with Crippen LogP contribution in [0.15, 0.2) is 30.3 Å². The Hall–Kier alpha value is -1.68. The van der Waals surface area contributed by atoms with Crippen LogP contribution >= 0.6 is 11.3 Å². The molecule has 0 saturated carbocycles. The molecular weight excluding hydrogens is 297 g/mol. The molecule has 0 unspecified atom stereocenters. The smallest absolute Gasteiger partial charge is 0.219 e. The minimum absolute atomic E-state index is 0.0308. The Balaban J connectivity index is 2.34. The highest BCUT2D eigenvalue weighted by molar-refractivity contribution is 7.15. The first-order valence-electron chi connectivity index (χ1n) is 7.47. The molecule has 0 spiro atoms. The maximum atomic E-state index is 13.6. The fourth-order valence-electron chi connectivity index (χ4n) is 2.15. The number of amides is 1. The molecule has 118 valence electrons. The third-order valence-corrected chi connectivity index (χ3v) is 5.02. The van der Waals surface area contributed by atoms with Gasteiger partial charge in [0.05, 0.1) is 0 Å². The van der Waals surface area contributed by atoms with Crippen LogP contribution in [0.3, 0.4) is 0 Å². The van der Waals surface area contributed by atoms with Gasteiger partial charge in [-0.25, -0.2) is 4.39 Å². The van der Waals surface area contributed by atoms with Crippen LogP contribution in [-0.2, 0) is 16.8 Å². The van der Waals surface area contributed by atoms with Crippen molar-refractivity contribution in [3.8, 4) is 10.4 Å². The second-order valence-electron chi connectivity index (χ2n) is 6.35. The summed E-state index contributed by atoms with van der Waals surface area (Å²) < 4.78 is 13.6. The molecule has 1 heterocycles. The number of carbonyl (C=O) groups excluding carboxylic acids is 1. The lowest BCUT2D eigenvalue weighted by Crippen LogP contribution is -2.21. The van der Waals surface area contributed by atoms with Crippen molar-refractivity contribution in [2.45, 2.75) is 46.1 Å². The number of nitrogens with one attached hydrogen (secondary N) is 1. The molecule has 2 rings (SSSR count). The summed E-state index contributed by atoms with van der Waals surface area (Å²) in [4.78, 5) is 13.8. The fourth-order valence-corrected chi connectivity index (χ4v) is 3.28. The number of carbonyl (C=O) groups is 1. The third kappa shape index (κ3) is 3.95. The van der Waals surface area contributed by atoms with Crippen LogP contribution in [0.5, 0.6) is 0 Å². The van der Waals surface area contributed by atoms with E-state index in [1.54, 1.807) is 24.3 Å². The summed E-state index contributed by atoms with van der Waals surface area (Å²) in [7, 11) is 0. The van der Waals surface area contributed by atoms with Crippen LogP contribution in [-0.4, -0.2) is 5.91 Å². The van der Waals surface area contributed by atoms with E-state index in [1.165, 1.54) is 17.0 Å². The average molecular weight is 319 g/mol. The number of hydrogen-bond donors (Lipinski definition) is 1. The Labute approximate surface area is 135 Å². The Morgan fingerprint density at radius 1 is 1.23 bits per heavy atom. The zero-order chi connectivity index (χ0) is 16.3. The van der Waals surface area contributed by atoms with Gasteiger partial charge in [0, 0.05) is 22.7 Å². The summed E-state index contributed by atoms with van der Waals surface area (Å²) in [5.41, 5.74) is 1.89. The van der Waals surface area contributed by atoms with Gasteiger partial charge in [0.2, 0.25) is 5.91 Å². The molecule has 1 aromatic heterocycles. The Kier molecular flexibility index (Phi) is 5.01. The lowest BCUT2D eigenvalue weighted by Gasteiger charge is -2.15. The SMILES string of the molecule is CCC(=O)NCc1cc(F)ccc1-c1ccc(C(C)(C)C)s1. The van der Waals surface area contributed by atoms with Crippen LogP contribution in [0.2, 0.25) is 0 Å². The quantitative estimate of drug-likeness (QED) is 0.855. The first-order valence-corrected chi connectivity index (χ1v) is 8.28. The maximum Gasteiger partial charge on any atom is 0.219 e. The lowest BCUT2D eigenvalue weighted by molar-refractivity contribution is -0.120. The van der Waals surface area contributed by atoms with Gasteiger partial charge in [0.25, 0.3) is 0 Å². The van der Waals surface area contributed by atoms with Crippen LogP contribution in [0.1, 0.15) is 44.6 Å². The van der Waals surface area contributed by atoms with Crippen LogP contribution in [0, 0.1) is 5.82 Å². The van der Waals surface area contributed by atoms with Crippen molar-refractivity contribution in [1.82, 2.24) is 5.32 Å². The molecule has 0 bridgehead atoms. The van der Waals surface area contributed by atoms with Crippen LogP contribution in [0.25, 0.3) is 10.4 Å². The van der Waals surface area contributed by atoms with Gasteiger partial charge in [-0.15, -0.1) is 11.3 Å². The second kappa shape index (κ2) is 6.61. The van der Waals surface area contributed by atoms with Crippen molar-refractivity contribution in [3.05, 3.63) is 46.6 Å². The highest BCUT2D eigenvalue weighted by Gasteiger charge is 2.17. The van der Waals surface area contributed by atoms with E-state index in [-0.39, 0.29) is 17.1 Å². The summed E-state index contributed by atoms with van der Waals surface area (Å²) in [6.45, 7) is 8.68. The Morgan fingerprint density at radius 3 is 2.55 bits per heavy atom. The van der Waals surface area contributed by atoms with Gasteiger partial charge in [-0.3, -0.25) is 4.79 Å². The second-order valence-corrected chi connectivity index (χ2v) is 7.43. The monoisotopic (exact) mass is 319 g/mol. The first-order chi connectivity index (χ1) is 10.3. The highest BCUT2D eigenvalue weighted by atomic mass is 32.1. The lowest BCUT2D eigenvalue weighted by atomic mass is 9.95. The molecule has 2 nitrogen and oxygen atoms in total. The molecule has 22 heavy (non-hydrogen) atoms. The van der Waals surface area contributed by atoms with Crippen molar-refractivity contribution in [2.24, 2.45) is 0 Å². The number of rotatable bonds is 4. The minimum Gasteiger partial charge on any atom is -0.352 e. The summed E-state index contributed by atoms with van der Waals surface area (Å²) in [6, 6.07) is 8.96. The molecular formula is C18H22FNOS. The van der Waals surface area contributed by atoms with E-state index in [4.69, 9.17) is 0 Å². The van der Waals surface area contributed by atoms with E-state index in [0.717, 1.165) is 16.0 Å². The number of hydrogen-bond acceptors (Lipinski definition) is 2. The largest absolute Gasteiger partial charge is 0.352 e. The van der Waals surface area contributed by atoms with Gasteiger partial charge in [-0.1, -0.05) is 33.8 Å². The van der Waals surface area contributed by atoms with E-state index in [0.29, 0.717) is 13.0 Å². The predicted molar refractivity (Wildman–Crippen MR) is 90.6 cm³/mol. The molecule has 1 N–H and O–H groups in total. The van der Waals surface area contributed by atoms with Crippen molar-refractivity contribution in [1.29, 1.82) is 0 Å². The zero-order valence-electron chi connectivity index (χ0n) is 13.5. The average Bonchev–Trinajstić information content (AvgIpc) is 2.94. The number of halogens is 1. The first kappa shape index (κ1) is 16.7. The highest BCUT2D eigenvalue weighted by Crippen LogP contribution is 2.36. The topological polar surface area (TPSA) is 29.1 Å². The standard InChI is InChI=1S/C18H22FNOS/c1-5-17(21)20-11-12-10-13(19)6-7-14(12)15-8-9-16(22-15)18(2,3)4/h6-10H,5,11H2,1-4H3,(H,20,21). The molecule has 0 aliphatic rings. The minimum atomic E-state index is -0.280. The molecule has 1 aromatic carbocycles. The number of thiophene rings is 1. The van der Waals surface area contributed by atoms with E-state index in [1.807, 2.05) is 0 Å². The zero-order valence-corrected chi connectivity index (χ0v) is 14.3. The molecule has 0 atom stereocenters. The van der Waals surface area contributed by atoms with Gasteiger partial charge >= 0.3 is 0 Å². The fraction of sp³-hybridized carbons (Fsp3) is 0.389. The van der Waals surface area contributed by atoms with E-state index in [9.17, 15) is 9.18 Å². The van der Waals surface area contributed by atoms with Gasteiger partial charge < -0.3 is 5.32 Å². The van der Waals surface area contributed by atoms with Gasteiger partial charge in [0.1, 0.15) is 5.82 Å². The van der Waals surface area contributed by atoms with E-state index < -0.39 is 0 Å². The van der Waals surface area contributed by atoms with Crippen LogP contribution < -0.4 is 5.32 Å². The third-order valence-electron chi connectivity index (χ3n) is 3.48. The number of benzene rings is 1. The van der Waals surface area contributed by atoms with Crippen molar-refractivity contribution < 1.29 is 9.18 Å². The van der Waals surface area contributed by atoms with Crippen molar-refractivity contribution >= 4 is 17.2 Å². The predicted octanol–water partition coefficient (Wildman–Crippen LogP) is 4.88. The summed E-state index contributed by atoms with van der Waals surface area (Å²) >= 11 is 1.72. The van der Waals surface area contributed by atoms with Crippen molar-refractivity contribution in [2.75, 3.05) is 0 Å². The molecule has 0 aliphatic carbocycles. The Bertz CT molecular complexity index is 670. The summed E-state index contributed by atoms with van der Waals surface area (Å²) in [5.74, 6) is -0.311. The summed E-state index contributed by atoms with van der Waals surface area (Å²) in [6.07, 6.45) is 0.428. The van der Waals surface area contributed by atoms with E-state index in [2.05, 4.69) is 38.2 Å². The van der Waals surface area contributed by atoms with Gasteiger partial charge in [-0.2, -0.15) is 0 Å². The molecule has 0 saturated heterocycles. The molecule has 2 aromatic rings. The van der Waals surface area contributed by atoms with E-state index >= 15 is 0 Å². The van der Waals surface area contributed by atoms with Gasteiger partial charge in [-0.05, 0) is 40.8 Å². The Morgan fingerprint density at radius 2 is 1.95 bits per heavy atom. The van der Waals surface area contributed by atoms with Gasteiger partial charge in [0.15, 0.2) is 0 Å². The van der Waals surface area contributed by atoms with Crippen molar-refractivity contribution in [3.63, 3.8) is 0 Å². The molecule has 1 amide bonds.